The van der Waals surface area contributed by atoms with Gasteiger partial charge in [-0.2, -0.15) is 0 Å². The number of hydrogen-bond acceptors (Lipinski definition) is 3. The summed E-state index contributed by atoms with van der Waals surface area (Å²) >= 11 is 11.8. The lowest BCUT2D eigenvalue weighted by Crippen LogP contribution is -2.47. The van der Waals surface area contributed by atoms with Crippen molar-refractivity contribution in [1.82, 2.24) is 10.9 Å². The van der Waals surface area contributed by atoms with Crippen LogP contribution in [-0.2, 0) is 4.79 Å². The molecular weight excluding hydrogens is 387 g/mol. The Morgan fingerprint density at radius 1 is 0.926 bits per heavy atom. The highest BCUT2D eigenvalue weighted by atomic mass is 35.5. The zero-order chi connectivity index (χ0) is 19.4. The largest absolute Gasteiger partial charge is 0.481 e. The van der Waals surface area contributed by atoms with Crippen molar-refractivity contribution in [3.05, 3.63) is 76.3 Å². The van der Waals surface area contributed by atoms with E-state index in [1.807, 2.05) is 36.4 Å². The molecular formula is C20H16Cl2N2O3. The van der Waals surface area contributed by atoms with Crippen LogP contribution in [0.1, 0.15) is 17.3 Å². The summed E-state index contributed by atoms with van der Waals surface area (Å²) in [5, 5.41) is 2.68. The van der Waals surface area contributed by atoms with Crippen LogP contribution in [0.25, 0.3) is 10.8 Å². The highest BCUT2D eigenvalue weighted by Gasteiger charge is 2.17. The first kappa shape index (κ1) is 19.0. The van der Waals surface area contributed by atoms with Crippen molar-refractivity contribution in [1.29, 1.82) is 0 Å². The average molecular weight is 403 g/mol. The van der Waals surface area contributed by atoms with Crippen LogP contribution in [0, 0.1) is 0 Å². The Kier molecular flexibility index (Phi) is 5.84. The predicted octanol–water partition coefficient (Wildman–Crippen LogP) is 4.38. The molecule has 0 aliphatic heterocycles. The number of nitrogens with one attached hydrogen (secondary N) is 2. The van der Waals surface area contributed by atoms with Crippen molar-refractivity contribution < 1.29 is 14.3 Å². The number of ether oxygens (including phenoxy) is 1. The van der Waals surface area contributed by atoms with Gasteiger partial charge >= 0.3 is 0 Å². The van der Waals surface area contributed by atoms with E-state index in [0.29, 0.717) is 10.8 Å². The molecule has 0 aliphatic rings. The molecule has 2 N–H and O–H groups in total. The van der Waals surface area contributed by atoms with Gasteiger partial charge in [0.05, 0.1) is 10.6 Å². The number of hydrazine groups is 1. The van der Waals surface area contributed by atoms with Crippen molar-refractivity contribution in [3.63, 3.8) is 0 Å². The maximum absolute atomic E-state index is 12.2. The van der Waals surface area contributed by atoms with E-state index in [9.17, 15) is 9.59 Å². The number of hydrogen-bond donors (Lipinski definition) is 2. The van der Waals surface area contributed by atoms with Gasteiger partial charge in [0.15, 0.2) is 6.10 Å². The summed E-state index contributed by atoms with van der Waals surface area (Å²) in [5.74, 6) is -0.524. The van der Waals surface area contributed by atoms with Gasteiger partial charge in [-0.05, 0) is 48.0 Å². The number of amides is 2. The number of carbonyl (C=O) groups excluding carboxylic acids is 2. The molecule has 2 amide bonds. The first-order chi connectivity index (χ1) is 12.9. The average Bonchev–Trinajstić information content (AvgIpc) is 2.67. The fraction of sp³-hybridized carbons (Fsp3) is 0.100. The van der Waals surface area contributed by atoms with Crippen LogP contribution >= 0.6 is 23.2 Å². The quantitative estimate of drug-likeness (QED) is 0.636. The molecule has 3 aromatic rings. The third kappa shape index (κ3) is 4.70. The smallest absolute Gasteiger partial charge is 0.279 e. The molecule has 7 heteroatoms. The molecule has 138 valence electrons. The van der Waals surface area contributed by atoms with Crippen LogP contribution < -0.4 is 15.6 Å². The van der Waals surface area contributed by atoms with E-state index in [0.717, 1.165) is 10.8 Å². The van der Waals surface area contributed by atoms with Gasteiger partial charge < -0.3 is 4.74 Å². The molecule has 1 atom stereocenters. The number of rotatable bonds is 4. The Morgan fingerprint density at radius 2 is 1.67 bits per heavy atom. The molecule has 0 saturated carbocycles. The summed E-state index contributed by atoms with van der Waals surface area (Å²) < 4.78 is 5.65. The second-order valence-electron chi connectivity index (χ2n) is 5.84. The molecule has 27 heavy (non-hydrogen) atoms. The lowest BCUT2D eigenvalue weighted by molar-refractivity contribution is -0.128. The van der Waals surface area contributed by atoms with Crippen LogP contribution in [0.4, 0.5) is 0 Å². The molecule has 5 nitrogen and oxygen atoms in total. The van der Waals surface area contributed by atoms with Gasteiger partial charge in [-0.15, -0.1) is 0 Å². The Balaban J connectivity index is 1.60. The van der Waals surface area contributed by atoms with Gasteiger partial charge in [0, 0.05) is 5.02 Å². The summed E-state index contributed by atoms with van der Waals surface area (Å²) in [6.07, 6.45) is -0.818. The summed E-state index contributed by atoms with van der Waals surface area (Å²) in [5.41, 5.74) is 4.78. The fourth-order valence-corrected chi connectivity index (χ4v) is 2.83. The second kappa shape index (κ2) is 8.29. The zero-order valence-corrected chi connectivity index (χ0v) is 15.8. The van der Waals surface area contributed by atoms with E-state index >= 15 is 0 Å². The third-order valence-corrected chi connectivity index (χ3v) is 4.44. The van der Waals surface area contributed by atoms with Gasteiger partial charge in [-0.25, -0.2) is 0 Å². The standard InChI is InChI=1S/C20H16Cl2N2O3/c1-12(27-16-8-6-13-4-2-3-5-14(13)10-16)19(25)23-24-20(26)17-11-15(21)7-9-18(17)22/h2-12H,1H3,(H,23,25)(H,24,26). The molecule has 0 spiro atoms. The van der Waals surface area contributed by atoms with Gasteiger partial charge in [0.25, 0.3) is 11.8 Å². The molecule has 0 aliphatic carbocycles. The molecule has 0 aromatic heterocycles. The summed E-state index contributed by atoms with van der Waals surface area (Å²) in [6.45, 7) is 1.59. The van der Waals surface area contributed by atoms with Gasteiger partial charge in [0.1, 0.15) is 5.75 Å². The number of benzene rings is 3. The van der Waals surface area contributed by atoms with Crippen molar-refractivity contribution in [2.45, 2.75) is 13.0 Å². The van der Waals surface area contributed by atoms with E-state index in [-0.39, 0.29) is 10.6 Å². The topological polar surface area (TPSA) is 67.4 Å². The lowest BCUT2D eigenvalue weighted by atomic mass is 10.1. The molecule has 0 heterocycles. The fourth-order valence-electron chi connectivity index (χ4n) is 2.46. The minimum absolute atomic E-state index is 0.160. The number of fused-ring (bicyclic) bond motifs is 1. The van der Waals surface area contributed by atoms with Crippen molar-refractivity contribution in [2.75, 3.05) is 0 Å². The summed E-state index contributed by atoms with van der Waals surface area (Å²) in [7, 11) is 0. The lowest BCUT2D eigenvalue weighted by Gasteiger charge is -2.16. The van der Waals surface area contributed by atoms with Crippen LogP contribution in [0.15, 0.2) is 60.7 Å². The van der Waals surface area contributed by atoms with Gasteiger partial charge in [0.2, 0.25) is 0 Å². The molecule has 3 rings (SSSR count). The Labute approximate surface area is 166 Å². The third-order valence-electron chi connectivity index (χ3n) is 3.88. The van der Waals surface area contributed by atoms with E-state index in [4.69, 9.17) is 27.9 Å². The Bertz CT molecular complexity index is 1010. The van der Waals surface area contributed by atoms with Crippen LogP contribution in [0.3, 0.4) is 0 Å². The Hall–Kier alpha value is -2.76. The van der Waals surface area contributed by atoms with Crippen LogP contribution in [-0.4, -0.2) is 17.9 Å². The molecule has 0 radical (unpaired) electrons. The van der Waals surface area contributed by atoms with E-state index < -0.39 is 17.9 Å². The second-order valence-corrected chi connectivity index (χ2v) is 6.68. The van der Waals surface area contributed by atoms with Crippen molar-refractivity contribution in [3.8, 4) is 5.75 Å². The number of halogens is 2. The van der Waals surface area contributed by atoms with E-state index in [2.05, 4.69) is 10.9 Å². The molecule has 3 aromatic carbocycles. The van der Waals surface area contributed by atoms with E-state index in [1.165, 1.54) is 12.1 Å². The molecule has 1 unspecified atom stereocenters. The van der Waals surface area contributed by atoms with Crippen molar-refractivity contribution in [2.24, 2.45) is 0 Å². The minimum Gasteiger partial charge on any atom is -0.481 e. The Morgan fingerprint density at radius 3 is 2.44 bits per heavy atom. The highest BCUT2D eigenvalue weighted by molar-refractivity contribution is 6.35. The van der Waals surface area contributed by atoms with Crippen LogP contribution in [0.5, 0.6) is 5.75 Å². The molecule has 0 fully saturated rings. The first-order valence-corrected chi connectivity index (χ1v) is 8.90. The van der Waals surface area contributed by atoms with E-state index in [1.54, 1.807) is 19.1 Å². The van der Waals surface area contributed by atoms with Gasteiger partial charge in [-0.1, -0.05) is 53.5 Å². The normalized spacial score (nSPS) is 11.7. The zero-order valence-electron chi connectivity index (χ0n) is 14.3. The van der Waals surface area contributed by atoms with Gasteiger partial charge in [-0.3, -0.25) is 20.4 Å². The summed E-state index contributed by atoms with van der Waals surface area (Å²) in [6, 6.07) is 17.9. The minimum atomic E-state index is -0.818. The monoisotopic (exact) mass is 402 g/mol. The highest BCUT2D eigenvalue weighted by Crippen LogP contribution is 2.22. The summed E-state index contributed by atoms with van der Waals surface area (Å²) in [4.78, 5) is 24.3. The van der Waals surface area contributed by atoms with Crippen molar-refractivity contribution >= 4 is 45.8 Å². The van der Waals surface area contributed by atoms with Crippen LogP contribution in [0.2, 0.25) is 10.0 Å². The predicted molar refractivity (Wildman–Crippen MR) is 106 cm³/mol. The first-order valence-electron chi connectivity index (χ1n) is 8.15. The maximum atomic E-state index is 12.2. The number of carbonyl (C=O) groups is 2. The molecule has 0 saturated heterocycles. The maximum Gasteiger partial charge on any atom is 0.279 e. The SMILES string of the molecule is CC(Oc1ccc2ccccc2c1)C(=O)NNC(=O)c1cc(Cl)ccc1Cl. The molecule has 0 bridgehead atoms.